The fraction of sp³-hybridized carbons (Fsp3) is 0.292. The number of rotatable bonds is 8. The molecule has 2 aromatic carbocycles. The van der Waals surface area contributed by atoms with E-state index in [1.807, 2.05) is 6.92 Å². The van der Waals surface area contributed by atoms with Gasteiger partial charge in [0.2, 0.25) is 15.7 Å². The van der Waals surface area contributed by atoms with Crippen LogP contribution < -0.4 is 15.2 Å². The molecule has 1 aliphatic rings. The molecule has 0 saturated carbocycles. The number of hydrogen-bond donors (Lipinski definition) is 1. The molecule has 9 nitrogen and oxygen atoms in total. The van der Waals surface area contributed by atoms with Crippen molar-refractivity contribution in [2.75, 3.05) is 43.4 Å². The summed E-state index contributed by atoms with van der Waals surface area (Å²) >= 11 is 1.03. The standard InChI is InChI=1S/C24H25FN4O5S2/c1-2-34-19-7-9-20(10-8-19)36(32,33)21-15-26-24(27-23(21)31)35-16-22(30)29-13-11-28(12-14-29)18-5-3-17(25)4-6-18/h3-10,15H,2,11-14,16H2,1H3,(H,26,27,31). The van der Waals surface area contributed by atoms with Gasteiger partial charge in [0, 0.05) is 31.9 Å². The van der Waals surface area contributed by atoms with Gasteiger partial charge in [0.15, 0.2) is 10.1 Å². The van der Waals surface area contributed by atoms with Gasteiger partial charge in [-0.2, -0.15) is 0 Å². The normalized spacial score (nSPS) is 14.1. The van der Waals surface area contributed by atoms with E-state index in [9.17, 15) is 22.4 Å². The van der Waals surface area contributed by atoms with Gasteiger partial charge in [0.25, 0.3) is 5.56 Å². The van der Waals surface area contributed by atoms with E-state index >= 15 is 0 Å². The predicted molar refractivity (Wildman–Crippen MR) is 134 cm³/mol. The van der Waals surface area contributed by atoms with Crippen molar-refractivity contribution in [2.24, 2.45) is 0 Å². The molecule has 1 aromatic heterocycles. The first-order valence-electron chi connectivity index (χ1n) is 11.3. The van der Waals surface area contributed by atoms with Gasteiger partial charge in [-0.05, 0) is 55.5 Å². The monoisotopic (exact) mass is 532 g/mol. The molecule has 0 bridgehead atoms. The van der Waals surface area contributed by atoms with Crippen molar-refractivity contribution in [3.05, 3.63) is 70.9 Å². The quantitative estimate of drug-likeness (QED) is 0.348. The largest absolute Gasteiger partial charge is 0.494 e. The SMILES string of the molecule is CCOc1ccc(S(=O)(=O)c2cnc(SCC(=O)N3CCN(c4ccc(F)cc4)CC3)[nH]c2=O)cc1. The summed E-state index contributed by atoms with van der Waals surface area (Å²) in [5, 5.41) is 0.156. The molecule has 1 N–H and O–H groups in total. The van der Waals surface area contributed by atoms with Gasteiger partial charge in [-0.25, -0.2) is 17.8 Å². The number of benzene rings is 2. The Bertz CT molecular complexity index is 1370. The van der Waals surface area contributed by atoms with E-state index in [0.29, 0.717) is 38.5 Å². The first kappa shape index (κ1) is 25.7. The van der Waals surface area contributed by atoms with Crippen molar-refractivity contribution < 1.29 is 22.3 Å². The number of aromatic amines is 1. The van der Waals surface area contributed by atoms with Crippen LogP contribution in [-0.2, 0) is 14.6 Å². The van der Waals surface area contributed by atoms with E-state index in [4.69, 9.17) is 4.74 Å². The number of piperazine rings is 1. The number of halogens is 1. The number of hydrogen-bond acceptors (Lipinski definition) is 8. The fourth-order valence-corrected chi connectivity index (χ4v) is 5.70. The van der Waals surface area contributed by atoms with E-state index in [1.165, 1.54) is 36.4 Å². The molecular formula is C24H25FN4O5S2. The number of carbonyl (C=O) groups is 1. The minimum Gasteiger partial charge on any atom is -0.494 e. The predicted octanol–water partition coefficient (Wildman–Crippen LogP) is 2.58. The summed E-state index contributed by atoms with van der Waals surface area (Å²) in [4.78, 5) is 35.0. The minimum absolute atomic E-state index is 0.0461. The number of amides is 1. The van der Waals surface area contributed by atoms with Crippen molar-refractivity contribution in [3.63, 3.8) is 0 Å². The number of nitrogens with zero attached hydrogens (tertiary/aromatic N) is 3. The van der Waals surface area contributed by atoms with Crippen molar-refractivity contribution in [3.8, 4) is 5.75 Å². The number of ether oxygens (including phenoxy) is 1. The number of carbonyl (C=O) groups excluding carboxylic acids is 1. The Balaban J connectivity index is 1.34. The molecule has 2 heterocycles. The first-order valence-corrected chi connectivity index (χ1v) is 13.7. The Morgan fingerprint density at radius 3 is 2.36 bits per heavy atom. The summed E-state index contributed by atoms with van der Waals surface area (Å²) in [6.07, 6.45) is 1.01. The van der Waals surface area contributed by atoms with Crippen LogP contribution in [0.2, 0.25) is 0 Å². The Morgan fingerprint density at radius 2 is 1.75 bits per heavy atom. The van der Waals surface area contributed by atoms with Crippen LogP contribution in [0.5, 0.6) is 5.75 Å². The van der Waals surface area contributed by atoms with Crippen molar-refractivity contribution in [1.29, 1.82) is 0 Å². The van der Waals surface area contributed by atoms with E-state index in [2.05, 4.69) is 14.9 Å². The van der Waals surface area contributed by atoms with Gasteiger partial charge in [-0.1, -0.05) is 11.8 Å². The Hall–Kier alpha value is -3.38. The van der Waals surface area contributed by atoms with Crippen LogP contribution in [0, 0.1) is 5.82 Å². The van der Waals surface area contributed by atoms with Gasteiger partial charge in [-0.3, -0.25) is 9.59 Å². The second kappa shape index (κ2) is 11.1. The number of thioether (sulfide) groups is 1. The zero-order valence-electron chi connectivity index (χ0n) is 19.5. The summed E-state index contributed by atoms with van der Waals surface area (Å²) < 4.78 is 44.2. The van der Waals surface area contributed by atoms with E-state index in [0.717, 1.165) is 23.6 Å². The van der Waals surface area contributed by atoms with Crippen molar-refractivity contribution >= 4 is 33.2 Å². The summed E-state index contributed by atoms with van der Waals surface area (Å²) in [6.45, 7) is 4.53. The molecular weight excluding hydrogens is 507 g/mol. The van der Waals surface area contributed by atoms with E-state index in [-0.39, 0.29) is 27.5 Å². The summed E-state index contributed by atoms with van der Waals surface area (Å²) in [6, 6.07) is 12.0. The minimum atomic E-state index is -4.07. The van der Waals surface area contributed by atoms with E-state index in [1.54, 1.807) is 17.0 Å². The lowest BCUT2D eigenvalue weighted by Crippen LogP contribution is -2.49. The average Bonchev–Trinajstić information content (AvgIpc) is 2.88. The van der Waals surface area contributed by atoms with Crippen LogP contribution >= 0.6 is 11.8 Å². The molecule has 3 aromatic rings. The lowest BCUT2D eigenvalue weighted by atomic mass is 10.2. The highest BCUT2D eigenvalue weighted by atomic mass is 32.2. The second-order valence-corrected chi connectivity index (χ2v) is 10.8. The van der Waals surface area contributed by atoms with Crippen LogP contribution in [0.1, 0.15) is 6.92 Å². The first-order chi connectivity index (χ1) is 17.3. The van der Waals surface area contributed by atoms with Crippen LogP contribution in [0.15, 0.2) is 74.5 Å². The maximum atomic E-state index is 13.1. The molecule has 0 unspecified atom stereocenters. The molecule has 36 heavy (non-hydrogen) atoms. The zero-order valence-corrected chi connectivity index (χ0v) is 21.1. The molecule has 1 saturated heterocycles. The Morgan fingerprint density at radius 1 is 1.08 bits per heavy atom. The average molecular weight is 533 g/mol. The number of anilines is 1. The second-order valence-electron chi connectivity index (χ2n) is 7.92. The van der Waals surface area contributed by atoms with E-state index < -0.39 is 20.3 Å². The number of sulfone groups is 1. The molecule has 0 radical (unpaired) electrons. The molecule has 12 heteroatoms. The van der Waals surface area contributed by atoms with Crippen LogP contribution in [0.3, 0.4) is 0 Å². The molecule has 4 rings (SSSR count). The van der Waals surface area contributed by atoms with Crippen molar-refractivity contribution in [2.45, 2.75) is 21.9 Å². The third-order valence-electron chi connectivity index (χ3n) is 5.63. The van der Waals surface area contributed by atoms with Crippen LogP contribution in [-0.4, -0.2) is 67.7 Å². The molecule has 1 amide bonds. The maximum absolute atomic E-state index is 13.1. The Kier molecular flexibility index (Phi) is 7.94. The highest BCUT2D eigenvalue weighted by Gasteiger charge is 2.24. The van der Waals surface area contributed by atoms with Gasteiger partial charge in [-0.15, -0.1) is 0 Å². The topological polar surface area (TPSA) is 113 Å². The molecule has 0 aliphatic carbocycles. The van der Waals surface area contributed by atoms with Gasteiger partial charge in [0.05, 0.1) is 23.5 Å². The number of aromatic nitrogens is 2. The third kappa shape index (κ3) is 5.88. The lowest BCUT2D eigenvalue weighted by Gasteiger charge is -2.36. The Labute approximate surface area is 212 Å². The van der Waals surface area contributed by atoms with Gasteiger partial charge >= 0.3 is 0 Å². The summed E-state index contributed by atoms with van der Waals surface area (Å²) in [5.74, 6) is 0.159. The lowest BCUT2D eigenvalue weighted by molar-refractivity contribution is -0.128. The summed E-state index contributed by atoms with van der Waals surface area (Å²) in [7, 11) is -4.07. The van der Waals surface area contributed by atoms with Crippen LogP contribution in [0.25, 0.3) is 0 Å². The van der Waals surface area contributed by atoms with Crippen molar-refractivity contribution in [1.82, 2.24) is 14.9 Å². The fourth-order valence-electron chi connectivity index (χ4n) is 3.73. The molecule has 0 atom stereocenters. The third-order valence-corrected chi connectivity index (χ3v) is 8.27. The smallest absolute Gasteiger partial charge is 0.270 e. The van der Waals surface area contributed by atoms with Gasteiger partial charge < -0.3 is 19.5 Å². The molecule has 0 spiro atoms. The molecule has 1 fully saturated rings. The zero-order chi connectivity index (χ0) is 25.7. The number of H-pyrrole nitrogens is 1. The molecule has 1 aliphatic heterocycles. The molecule has 190 valence electrons. The number of nitrogens with one attached hydrogen (secondary N) is 1. The van der Waals surface area contributed by atoms with Gasteiger partial charge in [0.1, 0.15) is 11.6 Å². The summed E-state index contributed by atoms with van der Waals surface area (Å²) in [5.41, 5.74) is 0.0988. The van der Waals surface area contributed by atoms with Crippen LogP contribution in [0.4, 0.5) is 10.1 Å². The highest BCUT2D eigenvalue weighted by molar-refractivity contribution is 7.99. The maximum Gasteiger partial charge on any atom is 0.270 e. The highest BCUT2D eigenvalue weighted by Crippen LogP contribution is 2.22.